The number of nitrogens with zero attached hydrogens (tertiary/aromatic N) is 1. The van der Waals surface area contributed by atoms with E-state index in [9.17, 15) is 4.79 Å². The van der Waals surface area contributed by atoms with Crippen LogP contribution in [0, 0.1) is 0 Å². The average molecular weight is 311 g/mol. The minimum absolute atomic E-state index is 0.0117. The molecule has 0 bridgehead atoms. The number of nitrogens with one attached hydrogen (secondary N) is 1. The van der Waals surface area contributed by atoms with Crippen molar-refractivity contribution in [2.24, 2.45) is 0 Å². The zero-order valence-corrected chi connectivity index (χ0v) is 12.0. The Morgan fingerprint density at radius 2 is 2.17 bits per heavy atom. The third-order valence-corrected chi connectivity index (χ3v) is 3.32. The SMILES string of the molecule is COn1c(C(C)=O)c(CCNBr)c2ccccc21. The fourth-order valence-corrected chi connectivity index (χ4v) is 2.45. The van der Waals surface area contributed by atoms with Crippen LogP contribution in [0.1, 0.15) is 23.0 Å². The van der Waals surface area contributed by atoms with Gasteiger partial charge in [-0.25, -0.2) is 0 Å². The quantitative estimate of drug-likeness (QED) is 0.681. The molecule has 0 saturated carbocycles. The smallest absolute Gasteiger partial charge is 0.179 e. The van der Waals surface area contributed by atoms with E-state index in [1.54, 1.807) is 18.8 Å². The van der Waals surface area contributed by atoms with Crippen molar-refractivity contribution in [3.63, 3.8) is 0 Å². The second-order valence-electron chi connectivity index (χ2n) is 4.01. The summed E-state index contributed by atoms with van der Waals surface area (Å²) in [5, 5.41) is 1.06. The molecule has 0 aliphatic heterocycles. The van der Waals surface area contributed by atoms with Crippen LogP contribution in [-0.4, -0.2) is 24.2 Å². The number of hydrogen-bond acceptors (Lipinski definition) is 3. The molecule has 0 radical (unpaired) electrons. The van der Waals surface area contributed by atoms with Gasteiger partial charge in [-0.1, -0.05) is 18.2 Å². The molecule has 0 atom stereocenters. The number of benzene rings is 1. The van der Waals surface area contributed by atoms with Gasteiger partial charge in [0, 0.05) is 35.0 Å². The second kappa shape index (κ2) is 5.54. The fraction of sp³-hybridized carbons (Fsp3) is 0.308. The summed E-state index contributed by atoms with van der Waals surface area (Å²) in [6.45, 7) is 2.31. The molecular weight excluding hydrogens is 296 g/mol. The van der Waals surface area contributed by atoms with Crippen molar-refractivity contribution in [1.82, 2.24) is 9.07 Å². The van der Waals surface area contributed by atoms with Gasteiger partial charge in [0.05, 0.1) is 5.52 Å². The largest absolute Gasteiger partial charge is 0.416 e. The predicted octanol–water partition coefficient (Wildman–Crippen LogP) is 2.34. The summed E-state index contributed by atoms with van der Waals surface area (Å²) >= 11 is 3.18. The topological polar surface area (TPSA) is 43.3 Å². The van der Waals surface area contributed by atoms with Crippen molar-refractivity contribution in [2.45, 2.75) is 13.3 Å². The molecule has 1 aromatic heterocycles. The van der Waals surface area contributed by atoms with E-state index in [-0.39, 0.29) is 5.78 Å². The Balaban J connectivity index is 2.70. The van der Waals surface area contributed by atoms with E-state index in [1.807, 2.05) is 24.3 Å². The second-order valence-corrected chi connectivity index (χ2v) is 4.57. The molecule has 18 heavy (non-hydrogen) atoms. The molecule has 1 aromatic carbocycles. The Kier molecular flexibility index (Phi) is 4.04. The van der Waals surface area contributed by atoms with Gasteiger partial charge >= 0.3 is 0 Å². The van der Waals surface area contributed by atoms with Crippen LogP contribution in [0.5, 0.6) is 0 Å². The van der Waals surface area contributed by atoms with Crippen LogP contribution >= 0.6 is 16.1 Å². The van der Waals surface area contributed by atoms with E-state index >= 15 is 0 Å². The molecule has 0 spiro atoms. The van der Waals surface area contributed by atoms with E-state index < -0.39 is 0 Å². The summed E-state index contributed by atoms with van der Waals surface area (Å²) in [5.74, 6) is 0.0117. The van der Waals surface area contributed by atoms with E-state index in [0.29, 0.717) is 5.69 Å². The first-order valence-electron chi connectivity index (χ1n) is 5.72. The molecule has 0 aliphatic carbocycles. The molecule has 96 valence electrons. The summed E-state index contributed by atoms with van der Waals surface area (Å²) in [5.41, 5.74) is 2.57. The van der Waals surface area contributed by atoms with Crippen LogP contribution in [0.15, 0.2) is 24.3 Å². The van der Waals surface area contributed by atoms with Gasteiger partial charge in [-0.05, 0) is 18.1 Å². The van der Waals surface area contributed by atoms with Gasteiger partial charge in [0.25, 0.3) is 0 Å². The molecule has 0 amide bonds. The number of carbonyl (C=O) groups excluding carboxylic acids is 1. The highest BCUT2D eigenvalue weighted by Crippen LogP contribution is 2.26. The zero-order valence-electron chi connectivity index (χ0n) is 10.4. The van der Waals surface area contributed by atoms with Crippen molar-refractivity contribution in [3.05, 3.63) is 35.5 Å². The molecule has 5 heteroatoms. The number of hydrogen-bond donors (Lipinski definition) is 1. The summed E-state index contributed by atoms with van der Waals surface area (Å²) in [4.78, 5) is 17.2. The first-order valence-corrected chi connectivity index (χ1v) is 6.51. The number of rotatable bonds is 5. The number of para-hydroxylation sites is 1. The lowest BCUT2D eigenvalue weighted by Gasteiger charge is -2.07. The van der Waals surface area contributed by atoms with Crippen LogP contribution in [-0.2, 0) is 6.42 Å². The maximum absolute atomic E-state index is 11.8. The van der Waals surface area contributed by atoms with Gasteiger partial charge < -0.3 is 4.84 Å². The molecule has 0 unspecified atom stereocenters. The van der Waals surface area contributed by atoms with E-state index in [0.717, 1.165) is 29.4 Å². The average Bonchev–Trinajstić information content (AvgIpc) is 2.70. The Bertz CT molecular complexity index is 578. The van der Waals surface area contributed by atoms with Crippen molar-refractivity contribution < 1.29 is 9.63 Å². The zero-order chi connectivity index (χ0) is 13.1. The molecule has 0 fully saturated rings. The van der Waals surface area contributed by atoms with Gasteiger partial charge in [0.1, 0.15) is 12.8 Å². The summed E-state index contributed by atoms with van der Waals surface area (Å²) < 4.78 is 4.54. The molecule has 1 N–H and O–H groups in total. The standard InChI is InChI=1S/C13H15BrN2O2/c1-9(17)13-11(7-8-15-14)10-5-3-4-6-12(10)16(13)18-2/h3-6,15H,7-8H2,1-2H3. The van der Waals surface area contributed by atoms with E-state index in [4.69, 9.17) is 4.84 Å². The summed E-state index contributed by atoms with van der Waals surface area (Å²) in [7, 11) is 1.57. The lowest BCUT2D eigenvalue weighted by atomic mass is 10.1. The minimum atomic E-state index is 0.0117. The lowest BCUT2D eigenvalue weighted by molar-refractivity contribution is 0.0961. The molecule has 0 aliphatic rings. The molecule has 0 saturated heterocycles. The molecule has 4 nitrogen and oxygen atoms in total. The third kappa shape index (κ3) is 2.15. The third-order valence-electron chi connectivity index (χ3n) is 2.92. The van der Waals surface area contributed by atoms with E-state index in [2.05, 4.69) is 20.5 Å². The van der Waals surface area contributed by atoms with Crippen LogP contribution < -0.4 is 9.18 Å². The van der Waals surface area contributed by atoms with Crippen molar-refractivity contribution >= 4 is 32.8 Å². The van der Waals surface area contributed by atoms with Gasteiger partial charge in [-0.3, -0.25) is 9.14 Å². The number of aromatic nitrogens is 1. The Morgan fingerprint density at radius 1 is 1.44 bits per heavy atom. The Labute approximate surface area is 114 Å². The van der Waals surface area contributed by atoms with Crippen LogP contribution in [0.4, 0.5) is 0 Å². The molecule has 2 rings (SSSR count). The molecule has 1 heterocycles. The maximum atomic E-state index is 11.8. The Morgan fingerprint density at radius 3 is 2.78 bits per heavy atom. The highest BCUT2D eigenvalue weighted by atomic mass is 79.9. The Hall–Kier alpha value is -1.33. The summed E-state index contributed by atoms with van der Waals surface area (Å²) in [6, 6.07) is 7.88. The first-order chi connectivity index (χ1) is 8.70. The van der Waals surface area contributed by atoms with Crippen molar-refractivity contribution in [1.29, 1.82) is 0 Å². The normalized spacial score (nSPS) is 10.8. The molecular formula is C13H15BrN2O2. The predicted molar refractivity (Wildman–Crippen MR) is 75.1 cm³/mol. The van der Waals surface area contributed by atoms with Gasteiger partial charge in [0.2, 0.25) is 0 Å². The van der Waals surface area contributed by atoms with E-state index in [1.165, 1.54) is 0 Å². The monoisotopic (exact) mass is 310 g/mol. The first kappa shape index (κ1) is 13.1. The maximum Gasteiger partial charge on any atom is 0.179 e. The number of fused-ring (bicyclic) bond motifs is 1. The van der Waals surface area contributed by atoms with Crippen molar-refractivity contribution in [2.75, 3.05) is 13.7 Å². The summed E-state index contributed by atoms with van der Waals surface area (Å²) in [6.07, 6.45) is 0.761. The van der Waals surface area contributed by atoms with Gasteiger partial charge in [-0.2, -0.15) is 4.73 Å². The van der Waals surface area contributed by atoms with Crippen LogP contribution in [0.2, 0.25) is 0 Å². The fourth-order valence-electron chi connectivity index (χ4n) is 2.25. The number of halogens is 1. The van der Waals surface area contributed by atoms with Crippen molar-refractivity contribution in [3.8, 4) is 0 Å². The highest BCUT2D eigenvalue weighted by Gasteiger charge is 2.20. The van der Waals surface area contributed by atoms with Crippen LogP contribution in [0.25, 0.3) is 10.9 Å². The number of ketones is 1. The van der Waals surface area contributed by atoms with Gasteiger partial charge in [0.15, 0.2) is 5.78 Å². The number of Topliss-reactive ketones (excluding diaryl/α,β-unsaturated/α-hetero) is 1. The minimum Gasteiger partial charge on any atom is -0.416 e. The molecule has 2 aromatic rings. The lowest BCUT2D eigenvalue weighted by Crippen LogP contribution is -2.15. The highest BCUT2D eigenvalue weighted by molar-refractivity contribution is 9.08. The number of carbonyl (C=O) groups is 1. The van der Waals surface area contributed by atoms with Crippen LogP contribution in [0.3, 0.4) is 0 Å². The van der Waals surface area contributed by atoms with Gasteiger partial charge in [-0.15, -0.1) is 0 Å².